The molecule has 0 saturated carbocycles. The van der Waals surface area contributed by atoms with E-state index in [-0.39, 0.29) is 23.6 Å². The predicted molar refractivity (Wildman–Crippen MR) is 49.5 cm³/mol. The number of pyridine rings is 1. The van der Waals surface area contributed by atoms with Gasteiger partial charge in [0.15, 0.2) is 0 Å². The predicted octanol–water partition coefficient (Wildman–Crippen LogP) is 1.68. The van der Waals surface area contributed by atoms with E-state index in [1.807, 2.05) is 0 Å². The van der Waals surface area contributed by atoms with Crippen LogP contribution in [0.4, 0.5) is 14.5 Å². The van der Waals surface area contributed by atoms with Gasteiger partial charge in [0.05, 0.1) is 42.7 Å². The second-order valence-electron chi connectivity index (χ2n) is 2.74. The number of hydrogen-bond acceptors (Lipinski definition) is 4. The molecule has 0 bridgehead atoms. The molecule has 0 spiro atoms. The van der Waals surface area contributed by atoms with Gasteiger partial charge in [-0.15, -0.1) is 0 Å². The minimum atomic E-state index is -2.75. The Morgan fingerprint density at radius 1 is 1.67 bits per heavy atom. The first-order valence-electron chi connectivity index (χ1n) is 4.08. The molecule has 6 heteroatoms. The van der Waals surface area contributed by atoms with Crippen molar-refractivity contribution in [2.45, 2.75) is 12.8 Å². The number of nitrogens with zero attached hydrogens (tertiary/aromatic N) is 2. The molecule has 1 rings (SSSR count). The summed E-state index contributed by atoms with van der Waals surface area (Å²) < 4.78 is 30.0. The summed E-state index contributed by atoms with van der Waals surface area (Å²) in [5, 5.41) is 8.44. The van der Waals surface area contributed by atoms with Gasteiger partial charge in [0.1, 0.15) is 5.75 Å². The maximum atomic E-state index is 12.6. The van der Waals surface area contributed by atoms with Crippen molar-refractivity contribution in [3.05, 3.63) is 17.5 Å². The fourth-order valence-corrected chi connectivity index (χ4v) is 1.17. The molecule has 1 aromatic heterocycles. The van der Waals surface area contributed by atoms with Gasteiger partial charge in [-0.2, -0.15) is 5.26 Å². The number of hydrogen-bond donors (Lipinski definition) is 1. The monoisotopic (exact) mass is 213 g/mol. The SMILES string of the molecule is COc1cnc(CC#N)c(N)c1C(F)F. The van der Waals surface area contributed by atoms with Crippen molar-refractivity contribution in [3.63, 3.8) is 0 Å². The molecule has 0 fully saturated rings. The summed E-state index contributed by atoms with van der Waals surface area (Å²) in [6, 6.07) is 1.80. The molecule has 4 nitrogen and oxygen atoms in total. The molecule has 1 heterocycles. The standard InChI is InChI=1S/C9H9F2N3O/c1-15-6-4-14-5(2-3-12)8(13)7(6)9(10)11/h4,9H,2,13H2,1H3. The average molecular weight is 213 g/mol. The molecule has 0 unspecified atom stereocenters. The quantitative estimate of drug-likeness (QED) is 0.828. The zero-order valence-corrected chi connectivity index (χ0v) is 8.00. The second-order valence-corrected chi connectivity index (χ2v) is 2.74. The van der Waals surface area contributed by atoms with E-state index in [0.29, 0.717) is 0 Å². The van der Waals surface area contributed by atoms with Gasteiger partial charge in [-0.05, 0) is 0 Å². The van der Waals surface area contributed by atoms with Crippen LogP contribution in [-0.2, 0) is 6.42 Å². The number of nitrogen functional groups attached to an aromatic ring is 1. The molecule has 2 N–H and O–H groups in total. The molecule has 0 aromatic carbocycles. The zero-order valence-electron chi connectivity index (χ0n) is 8.00. The van der Waals surface area contributed by atoms with Gasteiger partial charge in [-0.1, -0.05) is 0 Å². The number of aromatic nitrogens is 1. The van der Waals surface area contributed by atoms with E-state index < -0.39 is 12.0 Å². The van der Waals surface area contributed by atoms with Gasteiger partial charge in [-0.3, -0.25) is 4.98 Å². The minimum absolute atomic E-state index is 0.0656. The van der Waals surface area contributed by atoms with Crippen LogP contribution in [0.5, 0.6) is 5.75 Å². The van der Waals surface area contributed by atoms with Crippen molar-refractivity contribution in [2.24, 2.45) is 0 Å². The third kappa shape index (κ3) is 2.13. The van der Waals surface area contributed by atoms with Crippen molar-refractivity contribution in [1.29, 1.82) is 5.26 Å². The molecule has 0 atom stereocenters. The summed E-state index contributed by atoms with van der Waals surface area (Å²) in [5.74, 6) is -0.0656. The maximum absolute atomic E-state index is 12.6. The van der Waals surface area contributed by atoms with Gasteiger partial charge in [0.2, 0.25) is 0 Å². The van der Waals surface area contributed by atoms with Crippen LogP contribution in [-0.4, -0.2) is 12.1 Å². The van der Waals surface area contributed by atoms with E-state index in [0.717, 1.165) is 6.20 Å². The molecule has 1 aromatic rings. The lowest BCUT2D eigenvalue weighted by Gasteiger charge is -2.11. The number of methoxy groups -OCH3 is 1. The van der Waals surface area contributed by atoms with Crippen molar-refractivity contribution >= 4 is 5.69 Å². The van der Waals surface area contributed by atoms with Crippen LogP contribution >= 0.6 is 0 Å². The van der Waals surface area contributed by atoms with E-state index in [1.54, 1.807) is 6.07 Å². The van der Waals surface area contributed by atoms with E-state index in [1.165, 1.54) is 7.11 Å². The molecule has 0 aliphatic rings. The Balaban J connectivity index is 3.30. The second kappa shape index (κ2) is 4.55. The highest BCUT2D eigenvalue weighted by atomic mass is 19.3. The minimum Gasteiger partial charge on any atom is -0.495 e. The molecule has 80 valence electrons. The van der Waals surface area contributed by atoms with Gasteiger partial charge < -0.3 is 10.5 Å². The third-order valence-electron chi connectivity index (χ3n) is 1.89. The largest absolute Gasteiger partial charge is 0.495 e. The highest BCUT2D eigenvalue weighted by Gasteiger charge is 2.20. The Morgan fingerprint density at radius 2 is 2.33 bits per heavy atom. The molecule has 0 radical (unpaired) electrons. The molecule has 0 saturated heterocycles. The van der Waals surface area contributed by atoms with Crippen LogP contribution in [0.3, 0.4) is 0 Å². The number of rotatable bonds is 3. The lowest BCUT2D eigenvalue weighted by molar-refractivity contribution is 0.147. The van der Waals surface area contributed by atoms with E-state index in [2.05, 4.69) is 4.98 Å². The van der Waals surface area contributed by atoms with Gasteiger partial charge in [-0.25, -0.2) is 8.78 Å². The van der Waals surface area contributed by atoms with Crippen molar-refractivity contribution in [2.75, 3.05) is 12.8 Å². The van der Waals surface area contributed by atoms with Crippen molar-refractivity contribution < 1.29 is 13.5 Å². The van der Waals surface area contributed by atoms with Gasteiger partial charge in [0.25, 0.3) is 6.43 Å². The first kappa shape index (κ1) is 11.2. The molecule has 15 heavy (non-hydrogen) atoms. The summed E-state index contributed by atoms with van der Waals surface area (Å²) in [4.78, 5) is 3.78. The number of ether oxygens (including phenoxy) is 1. The lowest BCUT2D eigenvalue weighted by atomic mass is 10.1. The Bertz CT molecular complexity index is 401. The molecule has 0 amide bonds. The smallest absolute Gasteiger partial charge is 0.269 e. The highest BCUT2D eigenvalue weighted by molar-refractivity contribution is 5.57. The Labute approximate surface area is 85.3 Å². The Hall–Kier alpha value is -1.90. The first-order valence-corrected chi connectivity index (χ1v) is 4.08. The van der Waals surface area contributed by atoms with Crippen LogP contribution in [0.25, 0.3) is 0 Å². The maximum Gasteiger partial charge on any atom is 0.269 e. The Kier molecular flexibility index (Phi) is 3.39. The van der Waals surface area contributed by atoms with Crippen molar-refractivity contribution in [3.8, 4) is 11.8 Å². The number of nitriles is 1. The van der Waals surface area contributed by atoms with Crippen molar-refractivity contribution in [1.82, 2.24) is 4.98 Å². The molecule has 0 aliphatic heterocycles. The molecular formula is C9H9F2N3O. The summed E-state index contributed by atoms with van der Waals surface area (Å²) in [7, 11) is 1.26. The highest BCUT2D eigenvalue weighted by Crippen LogP contribution is 2.34. The van der Waals surface area contributed by atoms with E-state index in [9.17, 15) is 8.78 Å². The van der Waals surface area contributed by atoms with Gasteiger partial charge >= 0.3 is 0 Å². The average Bonchev–Trinajstić information content (AvgIpc) is 2.20. The fraction of sp³-hybridized carbons (Fsp3) is 0.333. The summed E-state index contributed by atoms with van der Waals surface area (Å²) in [6.45, 7) is 0. The number of nitrogens with two attached hydrogens (primary N) is 1. The van der Waals surface area contributed by atoms with E-state index >= 15 is 0 Å². The van der Waals surface area contributed by atoms with Crippen LogP contribution < -0.4 is 10.5 Å². The molecule has 0 aliphatic carbocycles. The summed E-state index contributed by atoms with van der Waals surface area (Å²) >= 11 is 0. The number of halogens is 2. The van der Waals surface area contributed by atoms with Crippen LogP contribution in [0, 0.1) is 11.3 Å². The lowest BCUT2D eigenvalue weighted by Crippen LogP contribution is -2.05. The normalized spacial score (nSPS) is 10.1. The van der Waals surface area contributed by atoms with Gasteiger partial charge in [0, 0.05) is 0 Å². The van der Waals surface area contributed by atoms with E-state index in [4.69, 9.17) is 15.7 Å². The fourth-order valence-electron chi connectivity index (χ4n) is 1.17. The third-order valence-corrected chi connectivity index (χ3v) is 1.89. The van der Waals surface area contributed by atoms with Crippen LogP contribution in [0.15, 0.2) is 6.20 Å². The topological polar surface area (TPSA) is 71.9 Å². The number of anilines is 1. The van der Waals surface area contributed by atoms with Crippen LogP contribution in [0.1, 0.15) is 17.7 Å². The first-order chi connectivity index (χ1) is 7.11. The van der Waals surface area contributed by atoms with Crippen LogP contribution in [0.2, 0.25) is 0 Å². The molecular weight excluding hydrogens is 204 g/mol. The Morgan fingerprint density at radius 3 is 2.80 bits per heavy atom. The zero-order chi connectivity index (χ0) is 11.4. The number of alkyl halides is 2. The summed E-state index contributed by atoms with van der Waals surface area (Å²) in [6.07, 6.45) is -1.71. The summed E-state index contributed by atoms with van der Waals surface area (Å²) in [5.41, 5.74) is 5.04.